The van der Waals surface area contributed by atoms with Crippen molar-refractivity contribution in [3.8, 4) is 5.75 Å². The van der Waals surface area contributed by atoms with Crippen LogP contribution in [0.2, 0.25) is 0 Å². The molecule has 2 aromatic rings. The van der Waals surface area contributed by atoms with Crippen LogP contribution >= 0.6 is 0 Å². The van der Waals surface area contributed by atoms with Crippen LogP contribution in [0.4, 0.5) is 0 Å². The van der Waals surface area contributed by atoms with Crippen molar-refractivity contribution in [3.05, 3.63) is 58.4 Å². The first kappa shape index (κ1) is 14.5. The summed E-state index contributed by atoms with van der Waals surface area (Å²) < 4.78 is 0. The molecule has 0 aliphatic rings. The Labute approximate surface area is 120 Å². The van der Waals surface area contributed by atoms with Gasteiger partial charge in [0, 0.05) is 18.3 Å². The van der Waals surface area contributed by atoms with E-state index in [2.05, 4.69) is 49.3 Å². The van der Waals surface area contributed by atoms with Gasteiger partial charge in [-0.1, -0.05) is 23.8 Å². The van der Waals surface area contributed by atoms with Crippen molar-refractivity contribution in [1.82, 2.24) is 10.3 Å². The van der Waals surface area contributed by atoms with E-state index in [-0.39, 0.29) is 11.8 Å². The number of nitrogens with zero attached hydrogens (tertiary/aromatic N) is 1. The molecule has 0 amide bonds. The zero-order chi connectivity index (χ0) is 14.7. The zero-order valence-electron chi connectivity index (χ0n) is 12.6. The Hall–Kier alpha value is -1.87. The fourth-order valence-electron chi connectivity index (χ4n) is 2.40. The van der Waals surface area contributed by atoms with Crippen LogP contribution in [0, 0.1) is 20.8 Å². The predicted molar refractivity (Wildman–Crippen MR) is 81.8 cm³/mol. The van der Waals surface area contributed by atoms with Crippen molar-refractivity contribution in [3.63, 3.8) is 0 Å². The lowest BCUT2D eigenvalue weighted by molar-refractivity contribution is 0.454. The van der Waals surface area contributed by atoms with E-state index < -0.39 is 0 Å². The lowest BCUT2D eigenvalue weighted by Crippen LogP contribution is -2.19. The van der Waals surface area contributed by atoms with Gasteiger partial charge in [-0.2, -0.15) is 0 Å². The van der Waals surface area contributed by atoms with E-state index in [4.69, 9.17) is 0 Å². The first-order chi connectivity index (χ1) is 9.47. The fraction of sp³-hybridized carbons (Fsp3) is 0.353. The summed E-state index contributed by atoms with van der Waals surface area (Å²) in [5.74, 6) is 0.246. The van der Waals surface area contributed by atoms with Crippen molar-refractivity contribution >= 4 is 0 Å². The molecule has 0 saturated heterocycles. The van der Waals surface area contributed by atoms with Crippen LogP contribution in [0.3, 0.4) is 0 Å². The van der Waals surface area contributed by atoms with E-state index >= 15 is 0 Å². The first-order valence-corrected chi connectivity index (χ1v) is 6.93. The molecule has 3 nitrogen and oxygen atoms in total. The average molecular weight is 270 g/mol. The normalized spacial score (nSPS) is 12.4. The molecular weight excluding hydrogens is 248 g/mol. The van der Waals surface area contributed by atoms with Crippen LogP contribution in [0.1, 0.15) is 41.0 Å². The molecule has 2 rings (SSSR count). The Morgan fingerprint density at radius 3 is 2.60 bits per heavy atom. The quantitative estimate of drug-likeness (QED) is 0.893. The molecule has 1 aromatic heterocycles. The van der Waals surface area contributed by atoms with Crippen LogP contribution in [0.25, 0.3) is 0 Å². The molecule has 1 unspecified atom stereocenters. The number of aryl methyl sites for hydroxylation is 3. The summed E-state index contributed by atoms with van der Waals surface area (Å²) in [5.41, 5.74) is 5.45. The van der Waals surface area contributed by atoms with Crippen molar-refractivity contribution in [2.24, 2.45) is 0 Å². The van der Waals surface area contributed by atoms with E-state index in [9.17, 15) is 5.11 Å². The molecule has 20 heavy (non-hydrogen) atoms. The van der Waals surface area contributed by atoms with Gasteiger partial charge in [-0.3, -0.25) is 4.98 Å². The van der Waals surface area contributed by atoms with E-state index in [1.54, 1.807) is 6.07 Å². The molecule has 0 radical (unpaired) electrons. The van der Waals surface area contributed by atoms with Gasteiger partial charge in [0.25, 0.3) is 0 Å². The van der Waals surface area contributed by atoms with Gasteiger partial charge in [0.15, 0.2) is 0 Å². The summed E-state index contributed by atoms with van der Waals surface area (Å²) >= 11 is 0. The maximum Gasteiger partial charge on any atom is 0.138 e. The minimum Gasteiger partial charge on any atom is -0.506 e. The number of aromatic hydroxyl groups is 1. The monoisotopic (exact) mass is 270 g/mol. The second-order valence-corrected chi connectivity index (χ2v) is 5.38. The number of nitrogens with one attached hydrogen (secondary N) is 1. The molecule has 106 valence electrons. The predicted octanol–water partition coefficient (Wildman–Crippen LogP) is 3.56. The second kappa shape index (κ2) is 6.06. The molecule has 0 bridgehead atoms. The Morgan fingerprint density at radius 2 is 1.90 bits per heavy atom. The molecular formula is C17H22N2O. The third kappa shape index (κ3) is 3.36. The Morgan fingerprint density at radius 1 is 1.15 bits per heavy atom. The van der Waals surface area contributed by atoms with Crippen LogP contribution in [0.15, 0.2) is 30.3 Å². The van der Waals surface area contributed by atoms with E-state index in [0.29, 0.717) is 12.2 Å². The van der Waals surface area contributed by atoms with E-state index in [0.717, 1.165) is 5.69 Å². The smallest absolute Gasteiger partial charge is 0.138 e. The second-order valence-electron chi connectivity index (χ2n) is 5.38. The SMILES string of the molecule is Cc1ccc(C(C)NCc2nc(C)ccc2O)c(C)c1. The third-order valence-corrected chi connectivity index (χ3v) is 3.56. The minimum atomic E-state index is 0.220. The summed E-state index contributed by atoms with van der Waals surface area (Å²) in [5, 5.41) is 13.2. The van der Waals surface area contributed by atoms with Crippen molar-refractivity contribution in [2.45, 2.75) is 40.3 Å². The lowest BCUT2D eigenvalue weighted by atomic mass is 10.0. The van der Waals surface area contributed by atoms with Gasteiger partial charge >= 0.3 is 0 Å². The highest BCUT2D eigenvalue weighted by atomic mass is 16.3. The number of hydrogen-bond donors (Lipinski definition) is 2. The highest BCUT2D eigenvalue weighted by Crippen LogP contribution is 2.20. The topological polar surface area (TPSA) is 45.2 Å². The Kier molecular flexibility index (Phi) is 4.40. The van der Waals surface area contributed by atoms with Gasteiger partial charge in [0.05, 0.1) is 5.69 Å². The number of benzene rings is 1. The molecule has 0 aliphatic heterocycles. The first-order valence-electron chi connectivity index (χ1n) is 6.93. The van der Waals surface area contributed by atoms with Crippen LogP contribution in [0.5, 0.6) is 5.75 Å². The minimum absolute atomic E-state index is 0.220. The highest BCUT2D eigenvalue weighted by Gasteiger charge is 2.10. The maximum atomic E-state index is 9.81. The van der Waals surface area contributed by atoms with E-state index in [1.165, 1.54) is 16.7 Å². The number of pyridine rings is 1. The van der Waals surface area contributed by atoms with Crippen molar-refractivity contribution < 1.29 is 5.11 Å². The highest BCUT2D eigenvalue weighted by molar-refractivity contribution is 5.33. The molecule has 0 aliphatic carbocycles. The van der Waals surface area contributed by atoms with Crippen molar-refractivity contribution in [1.29, 1.82) is 0 Å². The van der Waals surface area contributed by atoms with Gasteiger partial charge in [-0.15, -0.1) is 0 Å². The average Bonchev–Trinajstić information content (AvgIpc) is 2.39. The van der Waals surface area contributed by atoms with Crippen LogP contribution in [-0.4, -0.2) is 10.1 Å². The third-order valence-electron chi connectivity index (χ3n) is 3.56. The summed E-state index contributed by atoms with van der Waals surface area (Å²) in [6.45, 7) is 8.84. The molecule has 1 aromatic carbocycles. The fourth-order valence-corrected chi connectivity index (χ4v) is 2.40. The van der Waals surface area contributed by atoms with Gasteiger partial charge in [-0.05, 0) is 51.0 Å². The molecule has 0 spiro atoms. The number of aromatic nitrogens is 1. The maximum absolute atomic E-state index is 9.81. The van der Waals surface area contributed by atoms with E-state index in [1.807, 2.05) is 13.0 Å². The van der Waals surface area contributed by atoms with Crippen LogP contribution in [-0.2, 0) is 6.54 Å². The summed E-state index contributed by atoms with van der Waals surface area (Å²) in [6.07, 6.45) is 0. The summed E-state index contributed by atoms with van der Waals surface area (Å²) in [7, 11) is 0. The Balaban J connectivity index is 2.08. The molecule has 2 N–H and O–H groups in total. The number of hydrogen-bond acceptors (Lipinski definition) is 3. The standard InChI is InChI=1S/C17H22N2O/c1-11-5-7-15(12(2)9-11)14(4)18-10-16-17(20)8-6-13(3)19-16/h5-9,14,18,20H,10H2,1-4H3. The van der Waals surface area contributed by atoms with Gasteiger partial charge in [0.2, 0.25) is 0 Å². The van der Waals surface area contributed by atoms with Gasteiger partial charge in [0.1, 0.15) is 5.75 Å². The Bertz CT molecular complexity index is 608. The molecule has 3 heteroatoms. The van der Waals surface area contributed by atoms with Crippen molar-refractivity contribution in [2.75, 3.05) is 0 Å². The summed E-state index contributed by atoms with van der Waals surface area (Å²) in [6, 6.07) is 10.2. The van der Waals surface area contributed by atoms with Crippen LogP contribution < -0.4 is 5.32 Å². The number of rotatable bonds is 4. The lowest BCUT2D eigenvalue weighted by Gasteiger charge is -2.17. The largest absolute Gasteiger partial charge is 0.506 e. The van der Waals surface area contributed by atoms with Gasteiger partial charge < -0.3 is 10.4 Å². The molecule has 0 saturated carbocycles. The molecule has 1 heterocycles. The zero-order valence-corrected chi connectivity index (χ0v) is 12.6. The molecule has 0 fully saturated rings. The molecule has 1 atom stereocenters. The van der Waals surface area contributed by atoms with Gasteiger partial charge in [-0.25, -0.2) is 0 Å². The summed E-state index contributed by atoms with van der Waals surface area (Å²) in [4.78, 5) is 4.36.